The van der Waals surface area contributed by atoms with Crippen LogP contribution < -0.4 is 9.64 Å². The Morgan fingerprint density at radius 2 is 1.53 bits per heavy atom. The van der Waals surface area contributed by atoms with E-state index >= 15 is 0 Å². The maximum Gasteiger partial charge on any atom is 0.336 e. The number of carboxylic acids is 1. The SMILES string of the molecule is O=C(O)C1O[C@@H](Oc2cc(-c3ccc(C4O[C@H](CO)[C@@H](O)[C@H](O)[C@H]4O)cc3)ccc2[C@@H]2[C@@H](CC[C@H](O)c3ccc(F)cc3)C(=O)N2c2ccccc2)C(O)[C@H]2C(O)C12O. The zero-order valence-electron chi connectivity index (χ0n) is 31.3. The monoisotopic (exact) mass is 817 g/mol. The van der Waals surface area contributed by atoms with E-state index in [2.05, 4.69) is 0 Å². The Balaban J connectivity index is 1.15. The smallest absolute Gasteiger partial charge is 0.336 e. The Bertz CT molecular complexity index is 2160. The number of hydrogen-bond donors (Lipinski definition) is 9. The molecule has 5 unspecified atom stereocenters. The molecule has 0 aromatic heterocycles. The number of carboxylic acid groups (broad SMARTS) is 1. The second kappa shape index (κ2) is 16.0. The summed E-state index contributed by atoms with van der Waals surface area (Å²) in [5.74, 6) is -4.24. The number of hydrogen-bond acceptors (Lipinski definition) is 13. The van der Waals surface area contributed by atoms with E-state index in [1.165, 1.54) is 24.3 Å². The number of anilines is 1. The van der Waals surface area contributed by atoms with Crippen molar-refractivity contribution in [3.63, 3.8) is 0 Å². The number of amides is 1. The van der Waals surface area contributed by atoms with E-state index in [0.29, 0.717) is 33.5 Å². The molecule has 0 radical (unpaired) electrons. The molecule has 1 amide bonds. The minimum Gasteiger partial charge on any atom is -0.479 e. The molecule has 1 aliphatic carbocycles. The standard InChI is InChI=1S/C43H44FNO14/c44-24-13-10-21(11-14-24)28(47)17-16-27-32(45(40(27)53)25-4-2-1-3-5-25)26-15-12-23(18-29(26)58-42-34(49)31-38(52)43(31,56)39(59-42)41(54)55)20-6-8-22(9-7-20)37-36(51)35(50)33(48)30(19-46)57-37/h1-15,18,27-28,30-39,42,46-52,56H,16-17,19H2,(H,54,55)/t27-,28+,30-,31+,32-,33-,34?,35+,36-,37?,38?,39?,42-,43?/m1/s1. The van der Waals surface area contributed by atoms with Crippen LogP contribution in [0.3, 0.4) is 0 Å². The largest absolute Gasteiger partial charge is 0.479 e. The summed E-state index contributed by atoms with van der Waals surface area (Å²) in [5, 5.41) is 94.5. The Morgan fingerprint density at radius 3 is 2.19 bits per heavy atom. The third-order valence-corrected chi connectivity index (χ3v) is 12.1. The van der Waals surface area contributed by atoms with Gasteiger partial charge in [0.2, 0.25) is 12.2 Å². The lowest BCUT2D eigenvalue weighted by atomic mass is 9.77. The van der Waals surface area contributed by atoms with Crippen LogP contribution in [0.25, 0.3) is 11.1 Å². The second-order valence-corrected chi connectivity index (χ2v) is 15.6. The van der Waals surface area contributed by atoms with Gasteiger partial charge in [-0.3, -0.25) is 4.79 Å². The summed E-state index contributed by atoms with van der Waals surface area (Å²) in [7, 11) is 0. The van der Waals surface area contributed by atoms with Gasteiger partial charge < -0.3 is 65.1 Å². The van der Waals surface area contributed by atoms with E-state index in [1.807, 2.05) is 0 Å². The van der Waals surface area contributed by atoms with Gasteiger partial charge in [0, 0.05) is 11.3 Å². The van der Waals surface area contributed by atoms with Crippen molar-refractivity contribution in [2.75, 3.05) is 11.5 Å². The molecule has 4 aromatic rings. The molecule has 16 heteroatoms. The van der Waals surface area contributed by atoms with Gasteiger partial charge in [0.1, 0.15) is 53.8 Å². The van der Waals surface area contributed by atoms with Gasteiger partial charge in [-0.2, -0.15) is 0 Å². The maximum absolute atomic E-state index is 14.0. The number of fused-ring (bicyclic) bond motifs is 1. The highest BCUT2D eigenvalue weighted by atomic mass is 19.1. The molecule has 4 fully saturated rings. The van der Waals surface area contributed by atoms with E-state index in [9.17, 15) is 59.9 Å². The number of aliphatic hydroxyl groups is 8. The predicted octanol–water partition coefficient (Wildman–Crippen LogP) is 1.50. The molecule has 3 saturated heterocycles. The lowest BCUT2D eigenvalue weighted by molar-refractivity contribution is -0.241. The summed E-state index contributed by atoms with van der Waals surface area (Å²) in [4.78, 5) is 27.7. The van der Waals surface area contributed by atoms with Gasteiger partial charge in [-0.15, -0.1) is 0 Å². The fraction of sp³-hybridized carbons (Fsp3) is 0.395. The second-order valence-electron chi connectivity index (χ2n) is 15.6. The van der Waals surface area contributed by atoms with Crippen molar-refractivity contribution in [2.45, 2.75) is 85.7 Å². The van der Waals surface area contributed by atoms with E-state index in [1.54, 1.807) is 77.7 Å². The fourth-order valence-electron chi connectivity index (χ4n) is 8.72. The first-order valence-electron chi connectivity index (χ1n) is 19.2. The average molecular weight is 818 g/mol. The highest BCUT2D eigenvalue weighted by molar-refractivity contribution is 6.03. The number of carbonyl (C=O) groups is 2. The van der Waals surface area contributed by atoms with Gasteiger partial charge in [0.05, 0.1) is 36.7 Å². The maximum atomic E-state index is 14.0. The Hall–Kier alpha value is -4.85. The molecule has 14 atom stereocenters. The first-order valence-corrected chi connectivity index (χ1v) is 19.2. The normalized spacial score (nSPS) is 34.4. The number of para-hydroxylation sites is 1. The van der Waals surface area contributed by atoms with Crippen LogP contribution in [0.2, 0.25) is 0 Å². The number of rotatable bonds is 12. The van der Waals surface area contributed by atoms with E-state index in [4.69, 9.17) is 14.2 Å². The highest BCUT2D eigenvalue weighted by Gasteiger charge is 2.77. The van der Waals surface area contributed by atoms with Crippen LogP contribution in [-0.4, -0.2) is 119 Å². The number of halogens is 1. The quantitative estimate of drug-likeness (QED) is 0.0921. The van der Waals surface area contributed by atoms with Crippen molar-refractivity contribution in [3.05, 3.63) is 120 Å². The number of nitrogens with zero attached hydrogens (tertiary/aromatic N) is 1. The average Bonchev–Trinajstić information content (AvgIpc) is 3.81. The van der Waals surface area contributed by atoms with Crippen molar-refractivity contribution in [2.24, 2.45) is 11.8 Å². The van der Waals surface area contributed by atoms with Gasteiger partial charge >= 0.3 is 5.97 Å². The van der Waals surface area contributed by atoms with Crippen LogP contribution in [0, 0.1) is 17.7 Å². The van der Waals surface area contributed by atoms with Crippen LogP contribution in [0.15, 0.2) is 97.1 Å². The summed E-state index contributed by atoms with van der Waals surface area (Å²) in [5.41, 5.74) is 0.786. The molecular weight excluding hydrogens is 773 g/mol. The van der Waals surface area contributed by atoms with Gasteiger partial charge in [-0.05, 0) is 65.4 Å². The van der Waals surface area contributed by atoms with E-state index in [-0.39, 0.29) is 24.5 Å². The molecule has 0 spiro atoms. The third kappa shape index (κ3) is 7.18. The first kappa shape index (κ1) is 40.9. The molecule has 312 valence electrons. The summed E-state index contributed by atoms with van der Waals surface area (Å²) in [6.45, 7) is -0.593. The fourth-order valence-corrected chi connectivity index (χ4v) is 8.72. The van der Waals surface area contributed by atoms with Crippen molar-refractivity contribution >= 4 is 17.6 Å². The minimum atomic E-state index is -2.24. The van der Waals surface area contributed by atoms with Gasteiger partial charge in [-0.25, -0.2) is 9.18 Å². The van der Waals surface area contributed by atoms with Gasteiger partial charge in [0.15, 0.2) is 6.10 Å². The number of benzene rings is 4. The molecule has 4 aliphatic rings. The van der Waals surface area contributed by atoms with Gasteiger partial charge in [-0.1, -0.05) is 66.7 Å². The predicted molar refractivity (Wildman–Crippen MR) is 203 cm³/mol. The lowest BCUT2D eigenvalue weighted by Gasteiger charge is -2.48. The number of ether oxygens (including phenoxy) is 3. The minimum absolute atomic E-state index is 0.0665. The first-order chi connectivity index (χ1) is 28.2. The van der Waals surface area contributed by atoms with Crippen LogP contribution in [0.1, 0.15) is 47.8 Å². The highest BCUT2D eigenvalue weighted by Crippen LogP contribution is 2.55. The molecule has 9 N–H and O–H groups in total. The number of β-lactam (4-membered cyclic amide) rings is 1. The molecule has 0 bridgehead atoms. The van der Waals surface area contributed by atoms with E-state index in [0.717, 1.165) is 0 Å². The zero-order valence-corrected chi connectivity index (χ0v) is 31.3. The summed E-state index contributed by atoms with van der Waals surface area (Å²) in [6.07, 6.45) is -14.4. The molecule has 4 aromatic carbocycles. The topological polar surface area (TPSA) is 247 Å². The van der Waals surface area contributed by atoms with Crippen LogP contribution in [0.5, 0.6) is 5.75 Å². The molecular formula is C43H44FNO14. The summed E-state index contributed by atoms with van der Waals surface area (Å²) < 4.78 is 31.3. The molecule has 3 heterocycles. The Morgan fingerprint density at radius 1 is 0.847 bits per heavy atom. The van der Waals surface area contributed by atoms with Crippen LogP contribution in [-0.2, 0) is 19.1 Å². The number of carbonyl (C=O) groups excluding carboxylic acids is 1. The number of aliphatic carboxylic acids is 1. The summed E-state index contributed by atoms with van der Waals surface area (Å²) >= 11 is 0. The van der Waals surface area contributed by atoms with Crippen LogP contribution >= 0.6 is 0 Å². The molecule has 8 rings (SSSR count). The molecule has 15 nitrogen and oxygen atoms in total. The Kier molecular flexibility index (Phi) is 11.1. The van der Waals surface area contributed by atoms with Crippen molar-refractivity contribution in [1.29, 1.82) is 0 Å². The van der Waals surface area contributed by atoms with Crippen molar-refractivity contribution < 1.29 is 74.1 Å². The van der Waals surface area contributed by atoms with Crippen molar-refractivity contribution in [3.8, 4) is 16.9 Å². The summed E-state index contributed by atoms with van der Waals surface area (Å²) in [6, 6.07) is 25.2. The molecule has 3 aliphatic heterocycles. The van der Waals surface area contributed by atoms with Crippen molar-refractivity contribution in [1.82, 2.24) is 0 Å². The van der Waals surface area contributed by atoms with Gasteiger partial charge in [0.25, 0.3) is 0 Å². The molecule has 59 heavy (non-hydrogen) atoms. The molecule has 1 saturated carbocycles. The third-order valence-electron chi connectivity index (χ3n) is 12.1. The van der Waals surface area contributed by atoms with Crippen LogP contribution in [0.4, 0.5) is 10.1 Å². The Labute approximate surface area is 336 Å². The number of aliphatic hydroxyl groups excluding tert-OH is 7. The zero-order chi connectivity index (χ0) is 41.9. The van der Waals surface area contributed by atoms with E-state index < -0.39 is 103 Å². The lowest BCUT2D eigenvalue weighted by Crippen LogP contribution is -2.56.